The Balaban J connectivity index is 2.24. The minimum Gasteiger partial charge on any atom is -0.491 e. The van der Waals surface area contributed by atoms with Crippen LogP contribution in [-0.4, -0.2) is 24.4 Å². The number of hydrogen-bond acceptors (Lipinski definition) is 2. The Bertz CT molecular complexity index is 468. The van der Waals surface area contributed by atoms with E-state index in [0.717, 1.165) is 23.9 Å². The smallest absolute Gasteiger partial charge is 0.224 e. The zero-order valence-corrected chi connectivity index (χ0v) is 16.2. The van der Waals surface area contributed by atoms with Crippen molar-refractivity contribution >= 4 is 33.4 Å². The molecule has 5 heteroatoms. The molecule has 0 saturated carbocycles. The fraction of sp³-hybridized carbons (Fsp3) is 0.611. The largest absolute Gasteiger partial charge is 0.491 e. The number of ether oxygens (including phenoxy) is 1. The minimum absolute atomic E-state index is 0.0451. The molecule has 0 aliphatic rings. The summed E-state index contributed by atoms with van der Waals surface area (Å²) in [6, 6.07) is 5.51. The average Bonchev–Trinajstić information content (AvgIpc) is 2.53. The molecule has 3 nitrogen and oxygen atoms in total. The Hall–Kier alpha value is -0.740. The Morgan fingerprint density at radius 1 is 1.22 bits per heavy atom. The summed E-state index contributed by atoms with van der Waals surface area (Å²) in [6.45, 7) is 3.54. The van der Waals surface area contributed by atoms with Crippen molar-refractivity contribution in [3.63, 3.8) is 0 Å². The molecule has 0 saturated heterocycles. The number of hydrogen-bond donors (Lipinski definition) is 1. The predicted molar refractivity (Wildman–Crippen MR) is 101 cm³/mol. The second-order valence-corrected chi connectivity index (χ2v) is 6.80. The first kappa shape index (κ1) is 20.3. The van der Waals surface area contributed by atoms with Crippen molar-refractivity contribution in [3.05, 3.63) is 28.8 Å². The molecule has 1 amide bonds. The van der Waals surface area contributed by atoms with Crippen LogP contribution >= 0.6 is 27.5 Å². The summed E-state index contributed by atoms with van der Waals surface area (Å²) in [6.07, 6.45) is 7.72. The zero-order chi connectivity index (χ0) is 16.9. The number of carbonyl (C=O) groups excluding carboxylic acids is 1. The van der Waals surface area contributed by atoms with Gasteiger partial charge in [-0.25, -0.2) is 0 Å². The number of alkyl halides is 1. The quantitative estimate of drug-likeness (QED) is 0.387. The molecule has 1 rings (SSSR count). The third-order valence-electron chi connectivity index (χ3n) is 3.55. The Labute approximate surface area is 153 Å². The van der Waals surface area contributed by atoms with Gasteiger partial charge in [0.2, 0.25) is 5.91 Å². The van der Waals surface area contributed by atoms with E-state index in [1.807, 2.05) is 12.1 Å². The maximum Gasteiger partial charge on any atom is 0.224 e. The van der Waals surface area contributed by atoms with Gasteiger partial charge >= 0.3 is 0 Å². The number of nitrogens with one attached hydrogen (secondary N) is 1. The molecule has 0 aliphatic heterocycles. The normalized spacial score (nSPS) is 10.6. The molecule has 130 valence electrons. The molecule has 23 heavy (non-hydrogen) atoms. The van der Waals surface area contributed by atoms with Gasteiger partial charge in [-0.05, 0) is 24.1 Å². The van der Waals surface area contributed by atoms with E-state index in [9.17, 15) is 4.79 Å². The predicted octanol–water partition coefficient (Wildman–Crippen LogP) is 5.13. The van der Waals surface area contributed by atoms with Gasteiger partial charge in [0.05, 0.1) is 18.1 Å². The van der Waals surface area contributed by atoms with Gasteiger partial charge in [-0.15, -0.1) is 0 Å². The van der Waals surface area contributed by atoms with Crippen LogP contribution in [-0.2, 0) is 11.2 Å². The summed E-state index contributed by atoms with van der Waals surface area (Å²) in [5.41, 5.74) is 0.904. The van der Waals surface area contributed by atoms with Crippen LogP contribution in [0.4, 0.5) is 0 Å². The highest BCUT2D eigenvalue weighted by atomic mass is 79.9. The maximum absolute atomic E-state index is 11.9. The van der Waals surface area contributed by atoms with Gasteiger partial charge in [0, 0.05) is 11.9 Å². The highest BCUT2D eigenvalue weighted by Crippen LogP contribution is 2.25. The Kier molecular flexibility index (Phi) is 11.2. The van der Waals surface area contributed by atoms with Crippen LogP contribution in [0.15, 0.2) is 18.2 Å². The van der Waals surface area contributed by atoms with Gasteiger partial charge in [0.1, 0.15) is 5.75 Å². The molecule has 0 spiro atoms. The Morgan fingerprint density at radius 2 is 1.96 bits per heavy atom. The van der Waals surface area contributed by atoms with Gasteiger partial charge in [0.25, 0.3) is 0 Å². The molecule has 1 N–H and O–H groups in total. The molecular formula is C18H27BrClNO2. The van der Waals surface area contributed by atoms with E-state index in [4.69, 9.17) is 16.3 Å². The first-order valence-electron chi connectivity index (χ1n) is 8.41. The van der Waals surface area contributed by atoms with Gasteiger partial charge in [-0.3, -0.25) is 4.79 Å². The standard InChI is InChI=1S/C18H27BrClNO2/c1-2-3-4-5-6-7-11-21-18(22)14-15-8-9-17(16(20)13-15)23-12-10-19/h8-9,13H,2-7,10-12,14H2,1H3,(H,21,22). The van der Waals surface area contributed by atoms with Crippen molar-refractivity contribution in [1.82, 2.24) is 5.32 Å². The van der Waals surface area contributed by atoms with Crippen molar-refractivity contribution in [3.8, 4) is 5.75 Å². The van der Waals surface area contributed by atoms with Gasteiger partial charge in [-0.2, -0.15) is 0 Å². The topological polar surface area (TPSA) is 38.3 Å². The van der Waals surface area contributed by atoms with E-state index < -0.39 is 0 Å². The number of unbranched alkanes of at least 4 members (excludes halogenated alkanes) is 5. The van der Waals surface area contributed by atoms with Crippen molar-refractivity contribution in [2.45, 2.75) is 51.9 Å². The molecule has 1 aromatic rings. The molecule has 0 aliphatic carbocycles. The van der Waals surface area contributed by atoms with Gasteiger partial charge < -0.3 is 10.1 Å². The first-order valence-corrected chi connectivity index (χ1v) is 9.91. The summed E-state index contributed by atoms with van der Waals surface area (Å²) in [5, 5.41) is 4.28. The maximum atomic E-state index is 11.9. The first-order chi connectivity index (χ1) is 11.2. The SMILES string of the molecule is CCCCCCCCNC(=O)Cc1ccc(OCCBr)c(Cl)c1. The molecule has 1 aromatic carbocycles. The van der Waals surface area contributed by atoms with Gasteiger partial charge in [-0.1, -0.05) is 72.6 Å². The van der Waals surface area contributed by atoms with E-state index in [2.05, 4.69) is 28.2 Å². The highest BCUT2D eigenvalue weighted by Gasteiger charge is 2.07. The lowest BCUT2D eigenvalue weighted by Gasteiger charge is -2.09. The molecule has 0 heterocycles. The second-order valence-electron chi connectivity index (χ2n) is 5.60. The van der Waals surface area contributed by atoms with Crippen molar-refractivity contribution in [1.29, 1.82) is 0 Å². The van der Waals surface area contributed by atoms with Crippen LogP contribution in [0.3, 0.4) is 0 Å². The summed E-state index contributed by atoms with van der Waals surface area (Å²) < 4.78 is 5.49. The number of carbonyl (C=O) groups is 1. The Morgan fingerprint density at radius 3 is 2.65 bits per heavy atom. The molecule has 0 unspecified atom stereocenters. The van der Waals surface area contributed by atoms with Crippen LogP contribution in [0, 0.1) is 0 Å². The third-order valence-corrected chi connectivity index (χ3v) is 4.17. The fourth-order valence-corrected chi connectivity index (χ4v) is 2.72. The van der Waals surface area contributed by atoms with Crippen molar-refractivity contribution in [2.75, 3.05) is 18.5 Å². The van der Waals surface area contributed by atoms with Crippen LogP contribution in [0.5, 0.6) is 5.75 Å². The van der Waals surface area contributed by atoms with Crippen LogP contribution < -0.4 is 10.1 Å². The van der Waals surface area contributed by atoms with E-state index >= 15 is 0 Å². The van der Waals surface area contributed by atoms with Gasteiger partial charge in [0.15, 0.2) is 0 Å². The summed E-state index contributed by atoms with van der Waals surface area (Å²) in [5.74, 6) is 0.700. The number of amides is 1. The van der Waals surface area contributed by atoms with Crippen molar-refractivity contribution in [2.24, 2.45) is 0 Å². The molecule has 0 atom stereocenters. The molecule has 0 aromatic heterocycles. The molecular weight excluding hydrogens is 378 g/mol. The van der Waals surface area contributed by atoms with Crippen LogP contribution in [0.25, 0.3) is 0 Å². The monoisotopic (exact) mass is 403 g/mol. The lowest BCUT2D eigenvalue weighted by molar-refractivity contribution is -0.120. The highest BCUT2D eigenvalue weighted by molar-refractivity contribution is 9.09. The summed E-state index contributed by atoms with van der Waals surface area (Å²) in [4.78, 5) is 11.9. The second kappa shape index (κ2) is 12.7. The van der Waals surface area contributed by atoms with Crippen molar-refractivity contribution < 1.29 is 9.53 Å². The minimum atomic E-state index is 0.0451. The fourth-order valence-electron chi connectivity index (χ4n) is 2.30. The lowest BCUT2D eigenvalue weighted by atomic mass is 10.1. The van der Waals surface area contributed by atoms with E-state index in [1.54, 1.807) is 6.07 Å². The van der Waals surface area contributed by atoms with E-state index in [-0.39, 0.29) is 5.91 Å². The van der Waals surface area contributed by atoms with E-state index in [0.29, 0.717) is 23.8 Å². The van der Waals surface area contributed by atoms with Crippen LogP contribution in [0.2, 0.25) is 5.02 Å². The number of benzene rings is 1. The molecule has 0 bridgehead atoms. The third kappa shape index (κ3) is 9.21. The number of rotatable bonds is 12. The van der Waals surface area contributed by atoms with E-state index in [1.165, 1.54) is 32.1 Å². The summed E-state index contributed by atoms with van der Waals surface area (Å²) in [7, 11) is 0. The molecule has 0 radical (unpaired) electrons. The zero-order valence-electron chi connectivity index (χ0n) is 13.9. The summed E-state index contributed by atoms with van der Waals surface area (Å²) >= 11 is 9.47. The van der Waals surface area contributed by atoms with Crippen LogP contribution in [0.1, 0.15) is 51.0 Å². The average molecular weight is 405 g/mol. The molecule has 0 fully saturated rings. The lowest BCUT2D eigenvalue weighted by Crippen LogP contribution is -2.26. The number of halogens is 2.